The molecule has 4 aromatic carbocycles. The van der Waals surface area contributed by atoms with Crippen molar-refractivity contribution in [2.75, 3.05) is 11.9 Å². The van der Waals surface area contributed by atoms with Crippen LogP contribution in [0.1, 0.15) is 10.4 Å². The van der Waals surface area contributed by atoms with Gasteiger partial charge in [-0.05, 0) is 39.7 Å². The smallest absolute Gasteiger partial charge is 0.258 e. The van der Waals surface area contributed by atoms with E-state index in [4.69, 9.17) is 0 Å². The molecule has 2 nitrogen and oxygen atoms in total. The summed E-state index contributed by atoms with van der Waals surface area (Å²) in [6, 6.07) is 28.1. The maximum atomic E-state index is 13.0. The van der Waals surface area contributed by atoms with E-state index in [0.29, 0.717) is 0 Å². The lowest BCUT2D eigenvalue weighted by molar-refractivity contribution is 0.0994. The van der Waals surface area contributed by atoms with Gasteiger partial charge in [-0.25, -0.2) is 0 Å². The first-order valence-electron chi connectivity index (χ1n) is 7.99. The molecule has 0 spiro atoms. The minimum Gasteiger partial charge on any atom is -0.311 e. The van der Waals surface area contributed by atoms with E-state index in [9.17, 15) is 4.79 Å². The van der Waals surface area contributed by atoms with Gasteiger partial charge in [0.1, 0.15) is 0 Å². The van der Waals surface area contributed by atoms with Crippen molar-refractivity contribution in [3.63, 3.8) is 0 Å². The number of amides is 1. The van der Waals surface area contributed by atoms with Gasteiger partial charge in [0.15, 0.2) is 0 Å². The van der Waals surface area contributed by atoms with Gasteiger partial charge in [0.05, 0.1) is 0 Å². The third-order valence-electron chi connectivity index (χ3n) is 4.45. The quantitative estimate of drug-likeness (QED) is 0.494. The summed E-state index contributed by atoms with van der Waals surface area (Å²) in [6.45, 7) is 0. The average molecular weight is 311 g/mol. The van der Waals surface area contributed by atoms with Crippen LogP contribution in [-0.4, -0.2) is 13.0 Å². The lowest BCUT2D eigenvalue weighted by Crippen LogP contribution is -2.26. The first-order valence-corrected chi connectivity index (χ1v) is 7.99. The number of carbonyl (C=O) groups excluding carboxylic acids is 1. The van der Waals surface area contributed by atoms with Gasteiger partial charge in [-0.1, -0.05) is 66.7 Å². The zero-order chi connectivity index (χ0) is 16.5. The fraction of sp³-hybridized carbons (Fsp3) is 0.0455. The standard InChI is InChI=1S/C22H17NO/c1-23(19-14-13-16-7-2-3-9-18(16)15-19)22(24)21-12-6-10-17-8-4-5-11-20(17)21/h2-15H,1H3. The number of nitrogens with zero attached hydrogens (tertiary/aromatic N) is 1. The number of anilines is 1. The Morgan fingerprint density at radius 1 is 0.708 bits per heavy atom. The van der Waals surface area contributed by atoms with Crippen molar-refractivity contribution >= 4 is 33.1 Å². The van der Waals surface area contributed by atoms with Crippen molar-refractivity contribution in [1.82, 2.24) is 0 Å². The fourth-order valence-electron chi connectivity index (χ4n) is 3.10. The predicted molar refractivity (Wildman–Crippen MR) is 101 cm³/mol. The molecule has 1 amide bonds. The van der Waals surface area contributed by atoms with Crippen LogP contribution in [0.5, 0.6) is 0 Å². The van der Waals surface area contributed by atoms with Crippen LogP contribution in [0.25, 0.3) is 21.5 Å². The average Bonchev–Trinajstić information content (AvgIpc) is 2.66. The Kier molecular flexibility index (Phi) is 3.51. The van der Waals surface area contributed by atoms with Crippen LogP contribution in [0.3, 0.4) is 0 Å². The number of benzene rings is 4. The van der Waals surface area contributed by atoms with Crippen LogP contribution in [-0.2, 0) is 0 Å². The van der Waals surface area contributed by atoms with Crippen LogP contribution in [0, 0.1) is 0 Å². The molecule has 0 fully saturated rings. The van der Waals surface area contributed by atoms with Crippen LogP contribution in [0.4, 0.5) is 5.69 Å². The van der Waals surface area contributed by atoms with Crippen LogP contribution >= 0.6 is 0 Å². The van der Waals surface area contributed by atoms with Crippen LogP contribution in [0.2, 0.25) is 0 Å². The first-order chi connectivity index (χ1) is 11.7. The van der Waals surface area contributed by atoms with Crippen molar-refractivity contribution < 1.29 is 4.79 Å². The lowest BCUT2D eigenvalue weighted by atomic mass is 10.0. The molecule has 0 saturated heterocycles. The van der Waals surface area contributed by atoms with E-state index in [1.54, 1.807) is 4.90 Å². The van der Waals surface area contributed by atoms with E-state index in [-0.39, 0.29) is 5.91 Å². The second kappa shape index (κ2) is 5.82. The Balaban J connectivity index is 1.77. The van der Waals surface area contributed by atoms with Gasteiger partial charge < -0.3 is 4.90 Å². The molecule has 0 N–H and O–H groups in total. The molecule has 0 bridgehead atoms. The molecule has 0 atom stereocenters. The highest BCUT2D eigenvalue weighted by Gasteiger charge is 2.16. The molecule has 0 radical (unpaired) electrons. The number of hydrogen-bond donors (Lipinski definition) is 0. The molecule has 4 aromatic rings. The minimum atomic E-state index is 0.00193. The topological polar surface area (TPSA) is 20.3 Å². The fourth-order valence-corrected chi connectivity index (χ4v) is 3.10. The number of carbonyl (C=O) groups is 1. The third-order valence-corrected chi connectivity index (χ3v) is 4.45. The summed E-state index contributed by atoms with van der Waals surface area (Å²) >= 11 is 0. The van der Waals surface area contributed by atoms with Gasteiger partial charge in [0.25, 0.3) is 5.91 Å². The molecule has 0 aliphatic carbocycles. The highest BCUT2D eigenvalue weighted by atomic mass is 16.2. The molecule has 116 valence electrons. The molecule has 0 aromatic heterocycles. The normalized spacial score (nSPS) is 10.9. The summed E-state index contributed by atoms with van der Waals surface area (Å²) < 4.78 is 0. The first kappa shape index (κ1) is 14.5. The highest BCUT2D eigenvalue weighted by Crippen LogP contribution is 2.25. The second-order valence-electron chi connectivity index (χ2n) is 5.92. The van der Waals surface area contributed by atoms with Crippen LogP contribution in [0.15, 0.2) is 84.9 Å². The van der Waals surface area contributed by atoms with Crippen molar-refractivity contribution in [3.05, 3.63) is 90.5 Å². The summed E-state index contributed by atoms with van der Waals surface area (Å²) in [5.74, 6) is 0.00193. The molecule has 4 rings (SSSR count). The third kappa shape index (κ3) is 2.42. The Morgan fingerprint density at radius 2 is 1.38 bits per heavy atom. The maximum Gasteiger partial charge on any atom is 0.258 e. The molecule has 0 saturated carbocycles. The Bertz CT molecular complexity index is 1050. The Morgan fingerprint density at radius 3 is 2.21 bits per heavy atom. The summed E-state index contributed by atoms with van der Waals surface area (Å²) in [6.07, 6.45) is 0. The lowest BCUT2D eigenvalue weighted by Gasteiger charge is -2.19. The molecule has 0 aliphatic rings. The van der Waals surface area contributed by atoms with Gasteiger partial charge in [0, 0.05) is 18.3 Å². The van der Waals surface area contributed by atoms with E-state index in [1.807, 2.05) is 67.7 Å². The van der Waals surface area contributed by atoms with E-state index in [0.717, 1.165) is 27.4 Å². The molecule has 0 heterocycles. The second-order valence-corrected chi connectivity index (χ2v) is 5.92. The van der Waals surface area contributed by atoms with Gasteiger partial charge in [-0.15, -0.1) is 0 Å². The van der Waals surface area contributed by atoms with Gasteiger partial charge in [-0.3, -0.25) is 4.79 Å². The Hall–Kier alpha value is -3.13. The van der Waals surface area contributed by atoms with E-state index in [1.165, 1.54) is 5.39 Å². The number of hydrogen-bond acceptors (Lipinski definition) is 1. The zero-order valence-corrected chi connectivity index (χ0v) is 13.4. The largest absolute Gasteiger partial charge is 0.311 e. The maximum absolute atomic E-state index is 13.0. The van der Waals surface area contributed by atoms with Crippen molar-refractivity contribution in [2.45, 2.75) is 0 Å². The molecular weight excluding hydrogens is 294 g/mol. The van der Waals surface area contributed by atoms with E-state index < -0.39 is 0 Å². The van der Waals surface area contributed by atoms with E-state index in [2.05, 4.69) is 24.3 Å². The summed E-state index contributed by atoms with van der Waals surface area (Å²) in [4.78, 5) is 14.7. The minimum absolute atomic E-state index is 0.00193. The predicted octanol–water partition coefficient (Wildman–Crippen LogP) is 5.27. The van der Waals surface area contributed by atoms with Crippen molar-refractivity contribution in [2.24, 2.45) is 0 Å². The van der Waals surface area contributed by atoms with Gasteiger partial charge >= 0.3 is 0 Å². The van der Waals surface area contributed by atoms with Crippen LogP contribution < -0.4 is 4.90 Å². The molecule has 0 unspecified atom stereocenters. The molecule has 2 heteroatoms. The highest BCUT2D eigenvalue weighted by molar-refractivity contribution is 6.14. The zero-order valence-electron chi connectivity index (χ0n) is 13.4. The van der Waals surface area contributed by atoms with Gasteiger partial charge in [-0.2, -0.15) is 0 Å². The SMILES string of the molecule is CN(C(=O)c1cccc2ccccc12)c1ccc2ccccc2c1. The number of fused-ring (bicyclic) bond motifs is 2. The number of rotatable bonds is 2. The molecule has 24 heavy (non-hydrogen) atoms. The monoisotopic (exact) mass is 311 g/mol. The Labute approximate surface area is 141 Å². The van der Waals surface area contributed by atoms with Gasteiger partial charge in [0.2, 0.25) is 0 Å². The summed E-state index contributed by atoms with van der Waals surface area (Å²) in [7, 11) is 1.83. The summed E-state index contributed by atoms with van der Waals surface area (Å²) in [5.41, 5.74) is 1.62. The molecule has 0 aliphatic heterocycles. The van der Waals surface area contributed by atoms with E-state index >= 15 is 0 Å². The molecular formula is C22H17NO. The van der Waals surface area contributed by atoms with Crippen molar-refractivity contribution in [3.8, 4) is 0 Å². The van der Waals surface area contributed by atoms with Crippen molar-refractivity contribution in [1.29, 1.82) is 0 Å². The summed E-state index contributed by atoms with van der Waals surface area (Å²) in [5, 5.41) is 4.37.